The van der Waals surface area contributed by atoms with Crippen LogP contribution in [0.4, 0.5) is 16.2 Å². The lowest BCUT2D eigenvalue weighted by molar-refractivity contribution is -0.115. The smallest absolute Gasteiger partial charge is 0.319 e. The molecule has 0 spiro atoms. The Balaban J connectivity index is 1.33. The van der Waals surface area contributed by atoms with Gasteiger partial charge in [-0.05, 0) is 65.8 Å². The van der Waals surface area contributed by atoms with Gasteiger partial charge in [-0.3, -0.25) is 14.7 Å². The van der Waals surface area contributed by atoms with Gasteiger partial charge in [-0.1, -0.05) is 56.3 Å². The largest absolute Gasteiger partial charge is 0.351 e. The zero-order valence-corrected chi connectivity index (χ0v) is 20.4. The summed E-state index contributed by atoms with van der Waals surface area (Å²) in [5.41, 5.74) is 11.6. The number of rotatable bonds is 5. The van der Waals surface area contributed by atoms with Crippen molar-refractivity contribution in [1.29, 1.82) is 0 Å². The quantitative estimate of drug-likeness (QED) is 0.506. The Hall–Kier alpha value is -3.67. The monoisotopic (exact) mass is 468 g/mol. The predicted octanol–water partition coefficient (Wildman–Crippen LogP) is 5.67. The lowest BCUT2D eigenvalue weighted by Crippen LogP contribution is -2.46. The predicted molar refractivity (Wildman–Crippen MR) is 139 cm³/mol. The average molecular weight is 469 g/mol. The number of amides is 3. The van der Waals surface area contributed by atoms with Crippen LogP contribution in [0, 0.1) is 5.41 Å². The number of urea groups is 1. The fourth-order valence-electron chi connectivity index (χ4n) is 5.57. The molecule has 3 N–H and O–H groups in total. The molecule has 35 heavy (non-hydrogen) atoms. The summed E-state index contributed by atoms with van der Waals surface area (Å²) in [5, 5.41) is 2.88. The van der Waals surface area contributed by atoms with Gasteiger partial charge in [0.25, 0.3) is 0 Å². The number of primary amides is 1. The number of carbonyl (C=O) groups excluding carboxylic acids is 2. The first-order chi connectivity index (χ1) is 16.8. The van der Waals surface area contributed by atoms with E-state index >= 15 is 0 Å². The van der Waals surface area contributed by atoms with Crippen LogP contribution in [-0.2, 0) is 16.6 Å². The topological polar surface area (TPSA) is 88.3 Å². The molecular formula is C29H32N4O2. The normalized spacial score (nSPS) is 23.4. The van der Waals surface area contributed by atoms with E-state index in [9.17, 15) is 9.59 Å². The average Bonchev–Trinajstić information content (AvgIpc) is 3.26. The van der Waals surface area contributed by atoms with E-state index in [1.807, 2.05) is 30.3 Å². The van der Waals surface area contributed by atoms with Gasteiger partial charge >= 0.3 is 6.03 Å². The number of pyridine rings is 1. The standard InChI is InChI=1S/C29H32N4O2/c1-28(13-15-29(2,16-14-28)20-7-4-3-5-8-20)19-33(27(30)35)21-11-12-24(31-18-21)22-9-6-10-25-23(22)17-26(34)32-25/h3-12,18H,13-17,19H2,1-2H3,(H2,30,35)(H,32,34). The van der Waals surface area contributed by atoms with Crippen molar-refractivity contribution < 1.29 is 9.59 Å². The van der Waals surface area contributed by atoms with Crippen molar-refractivity contribution in [3.8, 4) is 11.3 Å². The SMILES string of the molecule is CC1(CN(C(N)=O)c2ccc(-c3cccc4c3CC(=O)N4)nc2)CCC(C)(c2ccccc2)CC1. The maximum absolute atomic E-state index is 12.5. The van der Waals surface area contributed by atoms with Gasteiger partial charge in [-0.2, -0.15) is 0 Å². The second-order valence-electron chi connectivity index (χ2n) is 10.6. The Labute approximate surface area is 206 Å². The number of carbonyl (C=O) groups is 2. The minimum absolute atomic E-state index is 0.00642. The van der Waals surface area contributed by atoms with E-state index < -0.39 is 6.03 Å². The zero-order valence-electron chi connectivity index (χ0n) is 20.4. The molecule has 1 saturated carbocycles. The van der Waals surface area contributed by atoms with Gasteiger partial charge in [-0.15, -0.1) is 0 Å². The van der Waals surface area contributed by atoms with Crippen LogP contribution in [-0.4, -0.2) is 23.5 Å². The fourth-order valence-corrected chi connectivity index (χ4v) is 5.57. The van der Waals surface area contributed by atoms with Crippen LogP contribution in [0.5, 0.6) is 0 Å². The van der Waals surface area contributed by atoms with Crippen LogP contribution in [0.2, 0.25) is 0 Å². The Morgan fingerprint density at radius 2 is 1.74 bits per heavy atom. The first-order valence-corrected chi connectivity index (χ1v) is 12.3. The minimum Gasteiger partial charge on any atom is -0.351 e. The summed E-state index contributed by atoms with van der Waals surface area (Å²) in [5.74, 6) is -0.00642. The number of aromatic nitrogens is 1. The van der Waals surface area contributed by atoms with Crippen LogP contribution < -0.4 is 16.0 Å². The van der Waals surface area contributed by atoms with Crippen molar-refractivity contribution in [1.82, 2.24) is 4.98 Å². The molecule has 2 heterocycles. The second-order valence-corrected chi connectivity index (χ2v) is 10.6. The number of benzene rings is 2. The summed E-state index contributed by atoms with van der Waals surface area (Å²) in [7, 11) is 0. The van der Waals surface area contributed by atoms with Gasteiger partial charge in [0.05, 0.1) is 24.0 Å². The van der Waals surface area contributed by atoms with Crippen molar-refractivity contribution in [3.05, 3.63) is 78.0 Å². The summed E-state index contributed by atoms with van der Waals surface area (Å²) in [6.07, 6.45) is 6.24. The summed E-state index contributed by atoms with van der Waals surface area (Å²) in [6, 6.07) is 19.8. The van der Waals surface area contributed by atoms with E-state index in [-0.39, 0.29) is 16.7 Å². The Kier molecular flexibility index (Phi) is 5.83. The number of fused-ring (bicyclic) bond motifs is 1. The lowest BCUT2D eigenvalue weighted by Gasteiger charge is -2.45. The van der Waals surface area contributed by atoms with Crippen molar-refractivity contribution in [2.45, 2.75) is 51.4 Å². The molecule has 0 unspecified atom stereocenters. The first kappa shape index (κ1) is 23.1. The third kappa shape index (κ3) is 4.53. The number of nitrogens with two attached hydrogens (primary N) is 1. The lowest BCUT2D eigenvalue weighted by atomic mass is 9.62. The van der Waals surface area contributed by atoms with Crippen LogP contribution >= 0.6 is 0 Å². The van der Waals surface area contributed by atoms with Crippen LogP contribution in [0.25, 0.3) is 11.3 Å². The molecule has 5 rings (SSSR count). The summed E-state index contributed by atoms with van der Waals surface area (Å²) in [6.45, 7) is 5.17. The number of hydrogen-bond donors (Lipinski definition) is 2. The highest BCUT2D eigenvalue weighted by Crippen LogP contribution is 2.47. The molecule has 0 radical (unpaired) electrons. The van der Waals surface area contributed by atoms with Crippen LogP contribution in [0.1, 0.15) is 50.7 Å². The molecule has 0 atom stereocenters. The Morgan fingerprint density at radius 1 is 1.00 bits per heavy atom. The molecule has 1 aromatic heterocycles. The molecule has 1 fully saturated rings. The molecular weight excluding hydrogens is 436 g/mol. The third-order valence-electron chi connectivity index (χ3n) is 7.96. The molecule has 180 valence electrons. The highest BCUT2D eigenvalue weighted by atomic mass is 16.2. The fraction of sp³-hybridized carbons (Fsp3) is 0.345. The van der Waals surface area contributed by atoms with E-state index in [0.717, 1.165) is 48.2 Å². The van der Waals surface area contributed by atoms with E-state index in [2.05, 4.69) is 54.5 Å². The van der Waals surface area contributed by atoms with Gasteiger partial charge in [0, 0.05) is 17.8 Å². The van der Waals surface area contributed by atoms with Crippen LogP contribution in [0.3, 0.4) is 0 Å². The molecule has 3 aromatic rings. The van der Waals surface area contributed by atoms with E-state index in [4.69, 9.17) is 5.73 Å². The number of nitrogens with zero attached hydrogens (tertiary/aromatic N) is 2. The van der Waals surface area contributed by atoms with Crippen molar-refractivity contribution >= 4 is 23.3 Å². The molecule has 2 aromatic carbocycles. The number of anilines is 2. The molecule has 0 bridgehead atoms. The minimum atomic E-state index is -0.465. The van der Waals surface area contributed by atoms with E-state index in [1.165, 1.54) is 5.56 Å². The van der Waals surface area contributed by atoms with Gasteiger partial charge < -0.3 is 11.1 Å². The maximum Gasteiger partial charge on any atom is 0.319 e. The van der Waals surface area contributed by atoms with Gasteiger partial charge in [0.15, 0.2) is 0 Å². The molecule has 1 aliphatic carbocycles. The third-order valence-corrected chi connectivity index (χ3v) is 7.96. The molecule has 6 heteroatoms. The number of nitrogens with one attached hydrogen (secondary N) is 1. The number of hydrogen-bond acceptors (Lipinski definition) is 3. The molecule has 2 aliphatic rings. The van der Waals surface area contributed by atoms with E-state index in [0.29, 0.717) is 18.7 Å². The van der Waals surface area contributed by atoms with Crippen LogP contribution in [0.15, 0.2) is 66.9 Å². The molecule has 1 aliphatic heterocycles. The van der Waals surface area contributed by atoms with Gasteiger partial charge in [0.2, 0.25) is 5.91 Å². The van der Waals surface area contributed by atoms with E-state index in [1.54, 1.807) is 11.1 Å². The molecule has 6 nitrogen and oxygen atoms in total. The summed E-state index contributed by atoms with van der Waals surface area (Å²) in [4.78, 5) is 30.6. The van der Waals surface area contributed by atoms with Gasteiger partial charge in [0.1, 0.15) is 0 Å². The summed E-state index contributed by atoms with van der Waals surface area (Å²) < 4.78 is 0. The molecule has 0 saturated heterocycles. The summed E-state index contributed by atoms with van der Waals surface area (Å²) >= 11 is 0. The molecule has 3 amide bonds. The van der Waals surface area contributed by atoms with Crippen molar-refractivity contribution in [3.63, 3.8) is 0 Å². The highest BCUT2D eigenvalue weighted by Gasteiger charge is 2.40. The second kappa shape index (κ2) is 8.84. The highest BCUT2D eigenvalue weighted by molar-refractivity contribution is 6.01. The van der Waals surface area contributed by atoms with Gasteiger partial charge in [-0.25, -0.2) is 4.79 Å². The zero-order chi connectivity index (χ0) is 24.6. The first-order valence-electron chi connectivity index (χ1n) is 12.3. The van der Waals surface area contributed by atoms with Crippen molar-refractivity contribution in [2.24, 2.45) is 11.1 Å². The maximum atomic E-state index is 12.5. The Bertz CT molecular complexity index is 1250. The Morgan fingerprint density at radius 3 is 2.40 bits per heavy atom. The van der Waals surface area contributed by atoms with Crippen molar-refractivity contribution in [2.75, 3.05) is 16.8 Å².